The average molecular weight is 378 g/mol. The number of hydrogen-bond donors (Lipinski definition) is 1. The van der Waals surface area contributed by atoms with E-state index in [9.17, 15) is 4.79 Å². The standard InChI is InChI=1S/C25H31NO2/c1-4-5-6-7-11-16-26-25(27)24-21-15-14-20(18(2)3)17-22(21)23(28-24)19-12-9-8-10-13-19/h8-10,12-15,17-18H,4-7,11,16H2,1-3H3,(H,26,27). The van der Waals surface area contributed by atoms with Crippen LogP contribution in [0.4, 0.5) is 0 Å². The molecule has 0 radical (unpaired) electrons. The Morgan fingerprint density at radius 2 is 1.71 bits per heavy atom. The summed E-state index contributed by atoms with van der Waals surface area (Å²) in [6.07, 6.45) is 5.88. The molecule has 0 aliphatic heterocycles. The van der Waals surface area contributed by atoms with Gasteiger partial charge < -0.3 is 9.73 Å². The molecule has 0 saturated heterocycles. The van der Waals surface area contributed by atoms with Crippen molar-refractivity contribution in [3.8, 4) is 11.3 Å². The first-order valence-corrected chi connectivity index (χ1v) is 10.5. The summed E-state index contributed by atoms with van der Waals surface area (Å²) in [6.45, 7) is 7.25. The molecule has 3 rings (SSSR count). The summed E-state index contributed by atoms with van der Waals surface area (Å²) in [4.78, 5) is 12.8. The fraction of sp³-hybridized carbons (Fsp3) is 0.400. The van der Waals surface area contributed by atoms with Gasteiger partial charge in [-0.2, -0.15) is 0 Å². The van der Waals surface area contributed by atoms with Crippen LogP contribution in [0.5, 0.6) is 0 Å². The molecule has 3 heteroatoms. The number of hydrogen-bond acceptors (Lipinski definition) is 2. The van der Waals surface area contributed by atoms with Crippen LogP contribution in [-0.2, 0) is 0 Å². The van der Waals surface area contributed by atoms with E-state index in [1.165, 1.54) is 24.8 Å². The number of unbranched alkanes of at least 4 members (excludes halogenated alkanes) is 4. The van der Waals surface area contributed by atoms with Crippen molar-refractivity contribution in [2.45, 2.75) is 58.8 Å². The molecular formula is C25H31NO2. The van der Waals surface area contributed by atoms with Crippen LogP contribution in [0.1, 0.15) is 74.9 Å². The molecule has 0 bridgehead atoms. The molecule has 0 atom stereocenters. The highest BCUT2D eigenvalue weighted by Crippen LogP contribution is 2.35. The highest BCUT2D eigenvalue weighted by Gasteiger charge is 2.20. The number of carbonyl (C=O) groups excluding carboxylic acids is 1. The van der Waals surface area contributed by atoms with Crippen molar-refractivity contribution >= 4 is 16.7 Å². The number of benzene rings is 2. The van der Waals surface area contributed by atoms with Crippen molar-refractivity contribution in [1.82, 2.24) is 5.32 Å². The second kappa shape index (κ2) is 9.59. The Bertz CT molecular complexity index is 909. The van der Waals surface area contributed by atoms with Gasteiger partial charge in [-0.05, 0) is 30.0 Å². The number of amides is 1. The Labute approximate surface area is 168 Å². The quantitative estimate of drug-likeness (QED) is 0.411. The van der Waals surface area contributed by atoms with Crippen LogP contribution in [0.15, 0.2) is 52.9 Å². The zero-order chi connectivity index (χ0) is 19.9. The van der Waals surface area contributed by atoms with Crippen LogP contribution in [0, 0.1) is 0 Å². The molecule has 0 saturated carbocycles. The van der Waals surface area contributed by atoms with Gasteiger partial charge >= 0.3 is 0 Å². The van der Waals surface area contributed by atoms with Crippen LogP contribution in [-0.4, -0.2) is 12.5 Å². The Kier molecular flexibility index (Phi) is 6.91. The Balaban J connectivity index is 1.87. The highest BCUT2D eigenvalue weighted by atomic mass is 16.4. The second-order valence-electron chi connectivity index (χ2n) is 7.76. The van der Waals surface area contributed by atoms with Gasteiger partial charge in [0.15, 0.2) is 5.76 Å². The zero-order valence-corrected chi connectivity index (χ0v) is 17.3. The van der Waals surface area contributed by atoms with E-state index in [0.29, 0.717) is 18.2 Å². The molecular weight excluding hydrogens is 346 g/mol. The number of fused-ring (bicyclic) bond motifs is 1. The number of furan rings is 1. The molecule has 0 fully saturated rings. The van der Waals surface area contributed by atoms with Crippen molar-refractivity contribution in [3.63, 3.8) is 0 Å². The van der Waals surface area contributed by atoms with Crippen LogP contribution >= 0.6 is 0 Å². The van der Waals surface area contributed by atoms with Crippen molar-refractivity contribution in [2.24, 2.45) is 0 Å². The molecule has 1 heterocycles. The van der Waals surface area contributed by atoms with E-state index < -0.39 is 0 Å². The van der Waals surface area contributed by atoms with Crippen molar-refractivity contribution in [3.05, 3.63) is 59.9 Å². The molecule has 1 amide bonds. The molecule has 0 spiro atoms. The third-order valence-electron chi connectivity index (χ3n) is 5.21. The average Bonchev–Trinajstić information content (AvgIpc) is 3.10. The fourth-order valence-corrected chi connectivity index (χ4v) is 3.50. The number of carbonyl (C=O) groups is 1. The largest absolute Gasteiger partial charge is 0.450 e. The normalized spacial score (nSPS) is 11.3. The van der Waals surface area contributed by atoms with Gasteiger partial charge in [0.2, 0.25) is 0 Å². The van der Waals surface area contributed by atoms with Gasteiger partial charge in [-0.25, -0.2) is 0 Å². The summed E-state index contributed by atoms with van der Waals surface area (Å²) < 4.78 is 6.13. The molecule has 3 nitrogen and oxygen atoms in total. The third-order valence-corrected chi connectivity index (χ3v) is 5.21. The molecule has 0 unspecified atom stereocenters. The van der Waals surface area contributed by atoms with Gasteiger partial charge in [-0.1, -0.05) is 82.9 Å². The molecule has 3 aromatic rings. The van der Waals surface area contributed by atoms with Crippen LogP contribution in [0.2, 0.25) is 0 Å². The molecule has 1 N–H and O–H groups in total. The van der Waals surface area contributed by atoms with Crippen LogP contribution in [0.3, 0.4) is 0 Å². The molecule has 148 valence electrons. The predicted molar refractivity (Wildman–Crippen MR) is 117 cm³/mol. The third kappa shape index (κ3) is 4.64. The lowest BCUT2D eigenvalue weighted by molar-refractivity contribution is 0.0928. The van der Waals surface area contributed by atoms with E-state index >= 15 is 0 Å². The van der Waals surface area contributed by atoms with Gasteiger partial charge in [0, 0.05) is 22.9 Å². The molecule has 2 aromatic carbocycles. The van der Waals surface area contributed by atoms with E-state index in [4.69, 9.17) is 4.42 Å². The number of nitrogens with one attached hydrogen (secondary N) is 1. The monoisotopic (exact) mass is 377 g/mol. The smallest absolute Gasteiger partial charge is 0.287 e. The minimum atomic E-state index is -0.125. The van der Waals surface area contributed by atoms with Crippen LogP contribution in [0.25, 0.3) is 22.1 Å². The molecule has 1 aromatic heterocycles. The summed E-state index contributed by atoms with van der Waals surface area (Å²) in [7, 11) is 0. The number of rotatable bonds is 9. The van der Waals surface area contributed by atoms with E-state index in [-0.39, 0.29) is 5.91 Å². The maximum Gasteiger partial charge on any atom is 0.287 e. The van der Waals surface area contributed by atoms with E-state index in [0.717, 1.165) is 34.9 Å². The van der Waals surface area contributed by atoms with Crippen molar-refractivity contribution < 1.29 is 9.21 Å². The fourth-order valence-electron chi connectivity index (χ4n) is 3.50. The van der Waals surface area contributed by atoms with Crippen molar-refractivity contribution in [2.75, 3.05) is 6.54 Å². The maximum absolute atomic E-state index is 12.8. The summed E-state index contributed by atoms with van der Waals surface area (Å²) in [5.41, 5.74) is 2.24. The first-order chi connectivity index (χ1) is 13.6. The summed E-state index contributed by atoms with van der Waals surface area (Å²) in [5.74, 6) is 1.48. The van der Waals surface area contributed by atoms with E-state index in [1.54, 1.807) is 0 Å². The zero-order valence-electron chi connectivity index (χ0n) is 17.3. The first-order valence-electron chi connectivity index (χ1n) is 10.5. The minimum Gasteiger partial charge on any atom is -0.450 e. The molecule has 0 aliphatic rings. The molecule has 0 aliphatic carbocycles. The summed E-state index contributed by atoms with van der Waals surface area (Å²) >= 11 is 0. The Morgan fingerprint density at radius 3 is 2.43 bits per heavy atom. The van der Waals surface area contributed by atoms with E-state index in [1.807, 2.05) is 36.4 Å². The van der Waals surface area contributed by atoms with E-state index in [2.05, 4.69) is 38.2 Å². The van der Waals surface area contributed by atoms with Gasteiger partial charge in [-0.3, -0.25) is 4.79 Å². The second-order valence-corrected chi connectivity index (χ2v) is 7.76. The Hall–Kier alpha value is -2.55. The van der Waals surface area contributed by atoms with Gasteiger partial charge in [0.1, 0.15) is 5.76 Å². The van der Waals surface area contributed by atoms with Gasteiger partial charge in [0.25, 0.3) is 5.91 Å². The summed E-state index contributed by atoms with van der Waals surface area (Å²) in [5, 5.41) is 4.92. The lowest BCUT2D eigenvalue weighted by Crippen LogP contribution is -2.24. The Morgan fingerprint density at radius 1 is 0.964 bits per heavy atom. The van der Waals surface area contributed by atoms with Gasteiger partial charge in [0.05, 0.1) is 0 Å². The van der Waals surface area contributed by atoms with Crippen LogP contribution < -0.4 is 5.32 Å². The lowest BCUT2D eigenvalue weighted by atomic mass is 9.98. The topological polar surface area (TPSA) is 42.2 Å². The maximum atomic E-state index is 12.8. The minimum absolute atomic E-state index is 0.125. The summed E-state index contributed by atoms with van der Waals surface area (Å²) in [6, 6.07) is 16.3. The van der Waals surface area contributed by atoms with Gasteiger partial charge in [-0.15, -0.1) is 0 Å². The first kappa shape index (κ1) is 20.2. The SMILES string of the molecule is CCCCCCCNC(=O)c1oc(-c2ccccc2)c2cc(C(C)C)ccc12. The predicted octanol–water partition coefficient (Wildman–Crippen LogP) is 6.92. The highest BCUT2D eigenvalue weighted by molar-refractivity contribution is 6.09. The molecule has 28 heavy (non-hydrogen) atoms. The lowest BCUT2D eigenvalue weighted by Gasteiger charge is -2.06. The van der Waals surface area contributed by atoms with Crippen molar-refractivity contribution in [1.29, 1.82) is 0 Å².